The van der Waals surface area contributed by atoms with Crippen molar-refractivity contribution in [2.45, 2.75) is 6.92 Å². The number of aromatic nitrogens is 3. The Kier molecular flexibility index (Phi) is 4.17. The zero-order valence-electron chi connectivity index (χ0n) is 14.6. The normalized spacial score (nSPS) is 10.8. The van der Waals surface area contributed by atoms with Crippen LogP contribution < -0.4 is 5.56 Å². The van der Waals surface area contributed by atoms with E-state index in [4.69, 9.17) is 5.26 Å². The summed E-state index contributed by atoms with van der Waals surface area (Å²) in [6.07, 6.45) is 0. The highest BCUT2D eigenvalue weighted by Crippen LogP contribution is 2.24. The molecule has 0 aliphatic carbocycles. The van der Waals surface area contributed by atoms with Gasteiger partial charge in [0.25, 0.3) is 5.56 Å². The predicted molar refractivity (Wildman–Crippen MR) is 99.5 cm³/mol. The Labute approximate surface area is 158 Å². The number of rotatable bonds is 2. The molecule has 0 unspecified atom stereocenters. The van der Waals surface area contributed by atoms with Crippen LogP contribution in [-0.2, 0) is 0 Å². The molecule has 0 bridgehead atoms. The van der Waals surface area contributed by atoms with Gasteiger partial charge in [0, 0.05) is 17.2 Å². The van der Waals surface area contributed by atoms with Crippen LogP contribution in [0.5, 0.6) is 0 Å². The first-order valence-electron chi connectivity index (χ1n) is 8.34. The first kappa shape index (κ1) is 17.5. The molecule has 136 valence electrons. The summed E-state index contributed by atoms with van der Waals surface area (Å²) in [7, 11) is 0. The molecule has 0 fully saturated rings. The molecule has 0 saturated carbocycles. The minimum Gasteiger partial charge on any atom is -0.267 e. The number of hydrogen-bond acceptors (Lipinski definition) is 4. The van der Waals surface area contributed by atoms with Crippen LogP contribution in [0.1, 0.15) is 11.3 Å². The van der Waals surface area contributed by atoms with Crippen LogP contribution in [0.3, 0.4) is 0 Å². The SMILES string of the molecule is Cc1nc2ccc(-c3ccc(C#N)cc3)nn2c(=O)c1-c1ccc(F)cc1F. The lowest BCUT2D eigenvalue weighted by Gasteiger charge is -2.10. The topological polar surface area (TPSA) is 71.1 Å². The molecule has 0 radical (unpaired) electrons. The summed E-state index contributed by atoms with van der Waals surface area (Å²) in [4.78, 5) is 17.4. The highest BCUT2D eigenvalue weighted by Gasteiger charge is 2.17. The maximum absolute atomic E-state index is 14.2. The van der Waals surface area contributed by atoms with E-state index in [9.17, 15) is 13.6 Å². The highest BCUT2D eigenvalue weighted by molar-refractivity contribution is 5.68. The summed E-state index contributed by atoms with van der Waals surface area (Å²) < 4.78 is 28.6. The standard InChI is InChI=1S/C21H12F2N4O/c1-12-20(16-7-6-15(22)10-17(16)23)21(28)27-19(25-12)9-8-18(26-27)14-4-2-13(11-24)3-5-14/h2-10H,1H3. The Bertz CT molecular complexity index is 1320. The van der Waals surface area contributed by atoms with Crippen LogP contribution in [0.2, 0.25) is 0 Å². The van der Waals surface area contributed by atoms with Gasteiger partial charge < -0.3 is 0 Å². The average molecular weight is 374 g/mol. The molecule has 0 N–H and O–H groups in total. The largest absolute Gasteiger partial charge is 0.282 e. The minimum absolute atomic E-state index is 0.0273. The fourth-order valence-corrected chi connectivity index (χ4v) is 3.01. The Balaban J connectivity index is 1.93. The second kappa shape index (κ2) is 6.67. The fourth-order valence-electron chi connectivity index (χ4n) is 3.01. The van der Waals surface area contributed by atoms with Crippen LogP contribution in [0, 0.1) is 29.9 Å². The lowest BCUT2D eigenvalue weighted by Crippen LogP contribution is -2.22. The second-order valence-electron chi connectivity index (χ2n) is 6.18. The van der Waals surface area contributed by atoms with Crippen LogP contribution in [0.15, 0.2) is 59.4 Å². The van der Waals surface area contributed by atoms with Gasteiger partial charge in [0.1, 0.15) is 11.6 Å². The predicted octanol–water partition coefficient (Wildman–Crippen LogP) is 3.88. The molecule has 2 aromatic heterocycles. The molecule has 4 aromatic rings. The van der Waals surface area contributed by atoms with Gasteiger partial charge in [-0.05, 0) is 43.3 Å². The molecule has 0 atom stereocenters. The van der Waals surface area contributed by atoms with E-state index in [0.717, 1.165) is 16.6 Å². The van der Waals surface area contributed by atoms with Crippen LogP contribution in [0.4, 0.5) is 8.78 Å². The van der Waals surface area contributed by atoms with Gasteiger partial charge in [0.05, 0.1) is 28.6 Å². The first-order valence-corrected chi connectivity index (χ1v) is 8.34. The molecule has 2 aromatic carbocycles. The van der Waals surface area contributed by atoms with E-state index in [-0.39, 0.29) is 11.1 Å². The third-order valence-electron chi connectivity index (χ3n) is 4.38. The number of hydrogen-bond donors (Lipinski definition) is 0. The number of fused-ring (bicyclic) bond motifs is 1. The molecule has 4 rings (SSSR count). The molecular formula is C21H12F2N4O. The van der Waals surface area contributed by atoms with Crippen LogP contribution in [-0.4, -0.2) is 14.6 Å². The third kappa shape index (κ3) is 2.91. The van der Waals surface area contributed by atoms with Crippen molar-refractivity contribution >= 4 is 5.65 Å². The van der Waals surface area contributed by atoms with E-state index < -0.39 is 17.2 Å². The second-order valence-corrected chi connectivity index (χ2v) is 6.18. The van der Waals surface area contributed by atoms with Gasteiger partial charge in [0.2, 0.25) is 0 Å². The summed E-state index contributed by atoms with van der Waals surface area (Å²) in [5.41, 5.74) is 1.79. The van der Waals surface area contributed by atoms with Gasteiger partial charge in [-0.25, -0.2) is 13.8 Å². The van der Waals surface area contributed by atoms with E-state index in [2.05, 4.69) is 10.1 Å². The molecular weight excluding hydrogens is 362 g/mol. The Morgan fingerprint density at radius 1 is 1.04 bits per heavy atom. The average Bonchev–Trinajstić information content (AvgIpc) is 2.69. The number of nitriles is 1. The molecule has 2 heterocycles. The Morgan fingerprint density at radius 2 is 1.79 bits per heavy atom. The van der Waals surface area contributed by atoms with Crippen molar-refractivity contribution in [1.82, 2.24) is 14.6 Å². The van der Waals surface area contributed by atoms with E-state index in [0.29, 0.717) is 28.2 Å². The smallest absolute Gasteiger partial charge is 0.267 e. The number of halogens is 2. The van der Waals surface area contributed by atoms with Crippen molar-refractivity contribution in [3.8, 4) is 28.5 Å². The van der Waals surface area contributed by atoms with Crippen LogP contribution in [0.25, 0.3) is 28.0 Å². The molecule has 0 spiro atoms. The summed E-state index contributed by atoms with van der Waals surface area (Å²) in [6.45, 7) is 1.59. The van der Waals surface area contributed by atoms with Crippen LogP contribution >= 0.6 is 0 Å². The first-order chi connectivity index (χ1) is 13.5. The molecule has 0 saturated heterocycles. The molecule has 0 aliphatic heterocycles. The van der Waals surface area contributed by atoms with Gasteiger partial charge >= 0.3 is 0 Å². The molecule has 0 amide bonds. The van der Waals surface area contributed by atoms with E-state index in [1.165, 1.54) is 6.07 Å². The summed E-state index contributed by atoms with van der Waals surface area (Å²) >= 11 is 0. The minimum atomic E-state index is -0.842. The highest BCUT2D eigenvalue weighted by atomic mass is 19.1. The summed E-state index contributed by atoms with van der Waals surface area (Å²) in [5.74, 6) is -1.57. The number of nitrogens with zero attached hydrogens (tertiary/aromatic N) is 4. The molecule has 7 heteroatoms. The van der Waals surface area contributed by atoms with Crippen molar-refractivity contribution < 1.29 is 8.78 Å². The van der Waals surface area contributed by atoms with Crippen molar-refractivity contribution in [3.63, 3.8) is 0 Å². The third-order valence-corrected chi connectivity index (χ3v) is 4.38. The zero-order chi connectivity index (χ0) is 19.8. The Hall–Kier alpha value is -3.92. The van der Waals surface area contributed by atoms with Gasteiger partial charge in [-0.15, -0.1) is 0 Å². The lowest BCUT2D eigenvalue weighted by molar-refractivity contribution is 0.585. The zero-order valence-corrected chi connectivity index (χ0v) is 14.6. The van der Waals surface area contributed by atoms with E-state index >= 15 is 0 Å². The van der Waals surface area contributed by atoms with Gasteiger partial charge in [-0.3, -0.25) is 4.79 Å². The number of benzene rings is 2. The van der Waals surface area contributed by atoms with Gasteiger partial charge in [-0.1, -0.05) is 12.1 Å². The maximum atomic E-state index is 14.2. The molecule has 28 heavy (non-hydrogen) atoms. The van der Waals surface area contributed by atoms with E-state index in [1.54, 1.807) is 43.3 Å². The summed E-state index contributed by atoms with van der Waals surface area (Å²) in [5, 5.41) is 13.2. The van der Waals surface area contributed by atoms with Crippen molar-refractivity contribution in [2.75, 3.05) is 0 Å². The monoisotopic (exact) mass is 374 g/mol. The van der Waals surface area contributed by atoms with Gasteiger partial charge in [-0.2, -0.15) is 14.9 Å². The maximum Gasteiger partial charge on any atom is 0.282 e. The molecule has 0 aliphatic rings. The quantitative estimate of drug-likeness (QED) is 0.534. The molecule has 5 nitrogen and oxygen atoms in total. The van der Waals surface area contributed by atoms with Crippen molar-refractivity contribution in [2.24, 2.45) is 0 Å². The fraction of sp³-hybridized carbons (Fsp3) is 0.0476. The van der Waals surface area contributed by atoms with Gasteiger partial charge in [0.15, 0.2) is 5.65 Å². The van der Waals surface area contributed by atoms with Crippen molar-refractivity contribution in [3.05, 3.63) is 87.8 Å². The Morgan fingerprint density at radius 3 is 2.46 bits per heavy atom. The number of aryl methyl sites for hydroxylation is 1. The van der Waals surface area contributed by atoms with Crippen molar-refractivity contribution in [1.29, 1.82) is 5.26 Å². The summed E-state index contributed by atoms with van der Waals surface area (Å²) in [6, 6.07) is 15.2. The lowest BCUT2D eigenvalue weighted by atomic mass is 10.0. The van der Waals surface area contributed by atoms with E-state index in [1.807, 2.05) is 6.07 Å².